The summed E-state index contributed by atoms with van der Waals surface area (Å²) in [6.07, 6.45) is 2.05. The maximum atomic E-state index is 12.3. The summed E-state index contributed by atoms with van der Waals surface area (Å²) in [6.45, 7) is 9.07. The first-order valence-corrected chi connectivity index (χ1v) is 9.18. The molecule has 0 aliphatic carbocycles. The molecule has 122 valence electrons. The van der Waals surface area contributed by atoms with Gasteiger partial charge in [-0.25, -0.2) is 13.6 Å². The molecule has 1 amide bonds. The first kappa shape index (κ1) is 16.7. The molecule has 0 aromatic heterocycles. The number of hydrogen-bond acceptors (Lipinski definition) is 4. The molecule has 2 aliphatic rings. The van der Waals surface area contributed by atoms with Gasteiger partial charge in [-0.2, -0.15) is 0 Å². The fourth-order valence-corrected chi connectivity index (χ4v) is 4.97. The molecule has 7 heteroatoms. The molecule has 2 saturated heterocycles. The van der Waals surface area contributed by atoms with E-state index < -0.39 is 10.0 Å². The molecule has 2 heterocycles. The maximum absolute atomic E-state index is 12.3. The van der Waals surface area contributed by atoms with E-state index in [0.717, 1.165) is 12.8 Å². The molecule has 1 atom stereocenters. The largest absolute Gasteiger partial charge is 0.339 e. The van der Waals surface area contributed by atoms with Crippen molar-refractivity contribution in [1.82, 2.24) is 10.2 Å². The lowest BCUT2D eigenvalue weighted by molar-refractivity contribution is -0.131. The van der Waals surface area contributed by atoms with Gasteiger partial charge in [0.15, 0.2) is 0 Å². The molecule has 0 aromatic carbocycles. The lowest BCUT2D eigenvalue weighted by Gasteiger charge is -2.49. The van der Waals surface area contributed by atoms with Crippen LogP contribution in [0.5, 0.6) is 0 Å². The molecule has 3 N–H and O–H groups in total. The summed E-state index contributed by atoms with van der Waals surface area (Å²) in [4.78, 5) is 14.1. The van der Waals surface area contributed by atoms with Gasteiger partial charge in [0.25, 0.3) is 0 Å². The highest BCUT2D eigenvalue weighted by Gasteiger charge is 2.44. The van der Waals surface area contributed by atoms with Crippen molar-refractivity contribution >= 4 is 15.9 Å². The summed E-state index contributed by atoms with van der Waals surface area (Å²) in [5.74, 6) is -0.219. The molecule has 0 radical (unpaired) electrons. The number of rotatable bonds is 3. The Balaban J connectivity index is 2.09. The maximum Gasteiger partial charge on any atom is 0.223 e. The highest BCUT2D eigenvalue weighted by molar-refractivity contribution is 7.89. The van der Waals surface area contributed by atoms with Crippen molar-refractivity contribution in [1.29, 1.82) is 0 Å². The molecule has 0 spiro atoms. The van der Waals surface area contributed by atoms with E-state index in [9.17, 15) is 13.2 Å². The van der Waals surface area contributed by atoms with Gasteiger partial charge in [-0.1, -0.05) is 0 Å². The van der Waals surface area contributed by atoms with Crippen LogP contribution < -0.4 is 10.5 Å². The van der Waals surface area contributed by atoms with Crippen LogP contribution in [0, 0.1) is 5.92 Å². The van der Waals surface area contributed by atoms with Crippen molar-refractivity contribution in [3.05, 3.63) is 0 Å². The minimum absolute atomic E-state index is 0.0370. The Morgan fingerprint density at radius 2 is 1.76 bits per heavy atom. The summed E-state index contributed by atoms with van der Waals surface area (Å²) in [5, 5.41) is 8.70. The van der Waals surface area contributed by atoms with Gasteiger partial charge in [-0.15, -0.1) is 0 Å². The summed E-state index contributed by atoms with van der Waals surface area (Å²) in [7, 11) is -3.52. The fraction of sp³-hybridized carbons (Fsp3) is 0.929. The average molecular weight is 317 g/mol. The highest BCUT2D eigenvalue weighted by atomic mass is 32.2. The molecule has 2 fully saturated rings. The number of carbonyl (C=O) groups excluding carboxylic acids is 1. The topological polar surface area (TPSA) is 92.5 Å². The molecule has 0 saturated carbocycles. The van der Waals surface area contributed by atoms with Gasteiger partial charge in [0.1, 0.15) is 0 Å². The Kier molecular flexibility index (Phi) is 4.14. The minimum Gasteiger partial charge on any atom is -0.339 e. The molecular weight excluding hydrogens is 290 g/mol. The quantitative estimate of drug-likeness (QED) is 0.789. The summed E-state index contributed by atoms with van der Waals surface area (Å²) < 4.78 is 22.4. The third kappa shape index (κ3) is 4.40. The van der Waals surface area contributed by atoms with Crippen molar-refractivity contribution in [2.75, 3.05) is 12.3 Å². The number of likely N-dealkylation sites (tertiary alicyclic amines) is 1. The van der Waals surface area contributed by atoms with Gasteiger partial charge < -0.3 is 10.2 Å². The molecule has 2 rings (SSSR count). The van der Waals surface area contributed by atoms with Crippen LogP contribution in [-0.2, 0) is 14.8 Å². The number of piperidine rings is 1. The van der Waals surface area contributed by atoms with E-state index in [2.05, 4.69) is 33.0 Å². The van der Waals surface area contributed by atoms with Gasteiger partial charge in [0.2, 0.25) is 15.9 Å². The number of nitrogens with one attached hydrogen (secondary N) is 1. The Bertz CT molecular complexity index is 512. The zero-order valence-electron chi connectivity index (χ0n) is 13.3. The molecule has 0 bridgehead atoms. The molecule has 1 unspecified atom stereocenters. The SMILES string of the molecule is CC1(C)CC(N2CC(CS(N)(=O)=O)CC2=O)CC(C)(C)N1. The first-order chi connectivity index (χ1) is 9.37. The lowest BCUT2D eigenvalue weighted by atomic mass is 9.79. The smallest absolute Gasteiger partial charge is 0.223 e. The van der Waals surface area contributed by atoms with E-state index in [1.165, 1.54) is 0 Å². The van der Waals surface area contributed by atoms with E-state index in [1.807, 2.05) is 4.90 Å². The van der Waals surface area contributed by atoms with Crippen LogP contribution in [0.15, 0.2) is 0 Å². The average Bonchev–Trinajstić information content (AvgIpc) is 2.51. The van der Waals surface area contributed by atoms with E-state index in [1.54, 1.807) is 0 Å². The number of amides is 1. The number of hydrogen-bond donors (Lipinski definition) is 2. The second kappa shape index (κ2) is 5.21. The Hall–Kier alpha value is -0.660. The lowest BCUT2D eigenvalue weighted by Crippen LogP contribution is -2.62. The number of sulfonamides is 1. The normalized spacial score (nSPS) is 29.9. The number of carbonyl (C=O) groups is 1. The number of nitrogens with zero attached hydrogens (tertiary/aromatic N) is 1. The molecule has 2 aliphatic heterocycles. The third-order valence-corrected chi connectivity index (χ3v) is 5.25. The van der Waals surface area contributed by atoms with Gasteiger partial charge in [0, 0.05) is 36.0 Å². The second-order valence-electron chi connectivity index (χ2n) is 7.90. The summed E-state index contributed by atoms with van der Waals surface area (Å²) in [6, 6.07) is 0.161. The molecule has 21 heavy (non-hydrogen) atoms. The van der Waals surface area contributed by atoms with E-state index in [4.69, 9.17) is 5.14 Å². The molecule has 0 aromatic rings. The van der Waals surface area contributed by atoms with Crippen molar-refractivity contribution in [2.45, 2.75) is 64.1 Å². The van der Waals surface area contributed by atoms with Crippen LogP contribution in [0.3, 0.4) is 0 Å². The number of primary sulfonamides is 1. The van der Waals surface area contributed by atoms with E-state index in [-0.39, 0.29) is 34.7 Å². The fourth-order valence-electron chi connectivity index (χ4n) is 4.09. The van der Waals surface area contributed by atoms with Crippen LogP contribution >= 0.6 is 0 Å². The zero-order valence-corrected chi connectivity index (χ0v) is 14.2. The minimum atomic E-state index is -3.52. The predicted octanol–water partition coefficient (Wildman–Crippen LogP) is 0.433. The number of nitrogens with two attached hydrogens (primary N) is 1. The van der Waals surface area contributed by atoms with Gasteiger partial charge in [-0.3, -0.25) is 4.79 Å². The summed E-state index contributed by atoms with van der Waals surface area (Å²) in [5.41, 5.74) is -0.0740. The predicted molar refractivity (Wildman–Crippen MR) is 82.1 cm³/mol. The van der Waals surface area contributed by atoms with Crippen molar-refractivity contribution in [3.63, 3.8) is 0 Å². The Morgan fingerprint density at radius 1 is 1.24 bits per heavy atom. The van der Waals surface area contributed by atoms with Gasteiger partial charge in [-0.05, 0) is 40.5 Å². The molecule has 6 nitrogen and oxygen atoms in total. The van der Waals surface area contributed by atoms with Crippen LogP contribution in [0.2, 0.25) is 0 Å². The molecular formula is C14H27N3O3S. The first-order valence-electron chi connectivity index (χ1n) is 7.46. The van der Waals surface area contributed by atoms with Crippen molar-refractivity contribution in [3.8, 4) is 0 Å². The van der Waals surface area contributed by atoms with Crippen molar-refractivity contribution < 1.29 is 13.2 Å². The second-order valence-corrected chi connectivity index (χ2v) is 9.56. The zero-order chi connectivity index (χ0) is 16.1. The highest BCUT2D eigenvalue weighted by Crippen LogP contribution is 2.34. The summed E-state index contributed by atoms with van der Waals surface area (Å²) >= 11 is 0. The Morgan fingerprint density at radius 3 is 2.24 bits per heavy atom. The Labute approximate surface area is 127 Å². The van der Waals surface area contributed by atoms with E-state index in [0.29, 0.717) is 13.0 Å². The van der Waals surface area contributed by atoms with Crippen LogP contribution in [-0.4, -0.2) is 48.6 Å². The van der Waals surface area contributed by atoms with Crippen LogP contribution in [0.25, 0.3) is 0 Å². The monoisotopic (exact) mass is 317 g/mol. The van der Waals surface area contributed by atoms with Gasteiger partial charge in [0.05, 0.1) is 5.75 Å². The van der Waals surface area contributed by atoms with Crippen LogP contribution in [0.4, 0.5) is 0 Å². The van der Waals surface area contributed by atoms with Gasteiger partial charge >= 0.3 is 0 Å². The third-order valence-electron chi connectivity index (χ3n) is 4.32. The van der Waals surface area contributed by atoms with E-state index >= 15 is 0 Å². The van der Waals surface area contributed by atoms with Crippen molar-refractivity contribution in [2.24, 2.45) is 11.1 Å². The standard InChI is InChI=1S/C14H27N3O3S/c1-13(2)6-11(7-14(3,4)16-13)17-8-10(5-12(17)18)9-21(15,19)20/h10-11,16H,5-9H2,1-4H3,(H2,15,19,20). The van der Waals surface area contributed by atoms with Crippen LogP contribution in [0.1, 0.15) is 47.0 Å².